The van der Waals surface area contributed by atoms with Crippen LogP contribution in [0.4, 0.5) is 0 Å². The quantitative estimate of drug-likeness (QED) is 0.795. The maximum absolute atomic E-state index is 13.3. The summed E-state index contributed by atoms with van der Waals surface area (Å²) in [5.74, 6) is 1.11. The fourth-order valence-corrected chi connectivity index (χ4v) is 4.76. The Morgan fingerprint density at radius 3 is 2.75 bits per heavy atom. The molecule has 2 saturated heterocycles. The van der Waals surface area contributed by atoms with E-state index in [-0.39, 0.29) is 18.1 Å². The number of imidazole rings is 1. The highest BCUT2D eigenvalue weighted by Crippen LogP contribution is 2.31. The largest absolute Gasteiger partial charge is 0.376 e. The summed E-state index contributed by atoms with van der Waals surface area (Å²) >= 11 is 0. The summed E-state index contributed by atoms with van der Waals surface area (Å²) in [4.78, 5) is 19.6. The van der Waals surface area contributed by atoms with Crippen molar-refractivity contribution in [2.24, 2.45) is 5.92 Å². The Bertz CT molecular complexity index is 829. The van der Waals surface area contributed by atoms with E-state index >= 15 is 0 Å². The van der Waals surface area contributed by atoms with E-state index in [9.17, 15) is 4.79 Å². The van der Waals surface area contributed by atoms with Crippen LogP contribution < -0.4 is 0 Å². The molecule has 1 amide bonds. The van der Waals surface area contributed by atoms with Crippen molar-refractivity contribution in [1.29, 1.82) is 0 Å². The van der Waals surface area contributed by atoms with Gasteiger partial charge in [0.15, 0.2) is 0 Å². The lowest BCUT2D eigenvalue weighted by molar-refractivity contribution is -0.0629. The molecule has 0 spiro atoms. The second-order valence-corrected chi connectivity index (χ2v) is 8.50. The number of rotatable bonds is 4. The Morgan fingerprint density at radius 2 is 1.96 bits per heavy atom. The van der Waals surface area contributed by atoms with Gasteiger partial charge in [-0.1, -0.05) is 38.1 Å². The molecular weight excluding hydrogens is 350 g/mol. The first kappa shape index (κ1) is 19.2. The number of piperidine rings is 1. The van der Waals surface area contributed by atoms with Gasteiger partial charge in [-0.3, -0.25) is 4.79 Å². The van der Waals surface area contributed by atoms with E-state index in [1.54, 1.807) is 12.5 Å². The van der Waals surface area contributed by atoms with Crippen molar-refractivity contribution in [3.8, 4) is 0 Å². The summed E-state index contributed by atoms with van der Waals surface area (Å²) in [6, 6.07) is 8.56. The van der Waals surface area contributed by atoms with Crippen molar-refractivity contribution < 1.29 is 9.53 Å². The van der Waals surface area contributed by atoms with Crippen LogP contribution in [0.25, 0.3) is 0 Å². The van der Waals surface area contributed by atoms with Gasteiger partial charge >= 0.3 is 0 Å². The van der Waals surface area contributed by atoms with Crippen molar-refractivity contribution >= 4 is 5.91 Å². The van der Waals surface area contributed by atoms with Crippen LogP contribution in [0.3, 0.4) is 0 Å². The molecule has 0 saturated carbocycles. The van der Waals surface area contributed by atoms with Gasteiger partial charge in [-0.15, -0.1) is 0 Å². The molecule has 28 heavy (non-hydrogen) atoms. The highest BCUT2D eigenvalue weighted by Gasteiger charge is 2.35. The lowest BCUT2D eigenvalue weighted by Gasteiger charge is -2.41. The highest BCUT2D eigenvalue weighted by atomic mass is 16.5. The summed E-state index contributed by atoms with van der Waals surface area (Å²) in [7, 11) is 0. The Hall–Kier alpha value is -2.14. The fraction of sp³-hybridized carbons (Fsp3) is 0.565. The number of ether oxygens (including phenoxy) is 1. The van der Waals surface area contributed by atoms with Gasteiger partial charge in [0, 0.05) is 19.7 Å². The molecule has 0 aliphatic carbocycles. The number of nitrogens with zero attached hydrogens (tertiary/aromatic N) is 3. The molecule has 3 heterocycles. The van der Waals surface area contributed by atoms with Crippen molar-refractivity contribution in [3.63, 3.8) is 0 Å². The van der Waals surface area contributed by atoms with E-state index in [1.165, 1.54) is 17.5 Å². The minimum atomic E-state index is 0.0588. The normalized spacial score (nSPS) is 23.5. The maximum Gasteiger partial charge on any atom is 0.272 e. The van der Waals surface area contributed by atoms with Gasteiger partial charge < -0.3 is 14.2 Å². The monoisotopic (exact) mass is 381 g/mol. The second kappa shape index (κ2) is 8.08. The smallest absolute Gasteiger partial charge is 0.272 e. The van der Waals surface area contributed by atoms with Gasteiger partial charge in [-0.25, -0.2) is 4.98 Å². The molecule has 1 aromatic heterocycles. The van der Waals surface area contributed by atoms with Crippen LogP contribution >= 0.6 is 0 Å². The van der Waals surface area contributed by atoms with Crippen molar-refractivity contribution in [2.75, 3.05) is 19.7 Å². The molecule has 2 fully saturated rings. The molecule has 2 aliphatic heterocycles. The number of hydrogen-bond acceptors (Lipinski definition) is 3. The average molecular weight is 382 g/mol. The Morgan fingerprint density at radius 1 is 1.18 bits per heavy atom. The molecule has 2 aromatic rings. The molecule has 1 aromatic carbocycles. The lowest BCUT2D eigenvalue weighted by atomic mass is 9.87. The summed E-state index contributed by atoms with van der Waals surface area (Å²) in [6.45, 7) is 8.90. The van der Waals surface area contributed by atoms with E-state index < -0.39 is 0 Å². The van der Waals surface area contributed by atoms with E-state index in [4.69, 9.17) is 4.74 Å². The van der Waals surface area contributed by atoms with Crippen molar-refractivity contribution in [1.82, 2.24) is 14.5 Å². The molecule has 1 unspecified atom stereocenters. The minimum absolute atomic E-state index is 0.0588. The summed E-state index contributed by atoms with van der Waals surface area (Å²) in [5, 5.41) is 0. The third-order valence-corrected chi connectivity index (χ3v) is 6.40. The maximum atomic E-state index is 13.3. The topological polar surface area (TPSA) is 47.4 Å². The van der Waals surface area contributed by atoms with Crippen LogP contribution in [0.1, 0.15) is 73.6 Å². The third-order valence-electron chi connectivity index (χ3n) is 6.40. The van der Waals surface area contributed by atoms with Crippen LogP contribution in [0, 0.1) is 5.92 Å². The zero-order valence-corrected chi connectivity index (χ0v) is 17.2. The van der Waals surface area contributed by atoms with E-state index in [0.717, 1.165) is 26.0 Å². The first-order valence-electron chi connectivity index (χ1n) is 10.6. The predicted octanol–water partition coefficient (Wildman–Crippen LogP) is 4.26. The lowest BCUT2D eigenvalue weighted by Crippen LogP contribution is -2.49. The molecule has 0 bridgehead atoms. The van der Waals surface area contributed by atoms with Gasteiger partial charge in [0.25, 0.3) is 5.91 Å². The number of amides is 1. The van der Waals surface area contributed by atoms with E-state index in [0.29, 0.717) is 24.1 Å². The number of aromatic nitrogens is 2. The highest BCUT2D eigenvalue weighted by molar-refractivity contribution is 5.92. The second-order valence-electron chi connectivity index (χ2n) is 8.50. The van der Waals surface area contributed by atoms with Gasteiger partial charge in [0.2, 0.25) is 0 Å². The summed E-state index contributed by atoms with van der Waals surface area (Å²) in [5.41, 5.74) is 3.23. The number of fused-ring (bicyclic) bond motifs is 1. The summed E-state index contributed by atoms with van der Waals surface area (Å²) < 4.78 is 7.98. The first-order valence-corrected chi connectivity index (χ1v) is 10.6. The standard InChI is InChI=1S/C23H31N3O2/c1-16(2)19-8-4-5-9-20(19)17(3)26-15-24-13-21(26)23(27)25-11-10-18-7-6-12-28-22(18)14-25/h4-5,8-9,13,15-18,22H,6-7,10-12,14H2,1-3H3/t17-,18?,22+/m0/s1. The van der Waals surface area contributed by atoms with Gasteiger partial charge in [-0.05, 0) is 49.1 Å². The first-order chi connectivity index (χ1) is 13.6. The summed E-state index contributed by atoms with van der Waals surface area (Å²) in [6.07, 6.45) is 7.11. The van der Waals surface area contributed by atoms with Gasteiger partial charge in [0.05, 0.1) is 24.7 Å². The van der Waals surface area contributed by atoms with Crippen LogP contribution in [-0.2, 0) is 4.74 Å². The number of carbonyl (C=O) groups excluding carboxylic acids is 1. The minimum Gasteiger partial charge on any atom is -0.376 e. The van der Waals surface area contributed by atoms with Crippen LogP contribution in [0.5, 0.6) is 0 Å². The Balaban J connectivity index is 1.56. The van der Waals surface area contributed by atoms with Crippen LogP contribution in [0.2, 0.25) is 0 Å². The number of benzene rings is 1. The number of carbonyl (C=O) groups is 1. The zero-order chi connectivity index (χ0) is 19.7. The molecule has 5 heteroatoms. The van der Waals surface area contributed by atoms with E-state index in [2.05, 4.69) is 50.0 Å². The van der Waals surface area contributed by atoms with Crippen LogP contribution in [-0.4, -0.2) is 46.2 Å². The molecule has 2 aliphatic rings. The molecule has 0 radical (unpaired) electrons. The Kier molecular flexibility index (Phi) is 5.54. The average Bonchev–Trinajstić information content (AvgIpc) is 3.22. The molecule has 4 rings (SSSR count). The van der Waals surface area contributed by atoms with Gasteiger partial charge in [-0.2, -0.15) is 0 Å². The zero-order valence-electron chi connectivity index (χ0n) is 17.2. The fourth-order valence-electron chi connectivity index (χ4n) is 4.76. The predicted molar refractivity (Wildman–Crippen MR) is 110 cm³/mol. The molecule has 5 nitrogen and oxygen atoms in total. The molecule has 0 N–H and O–H groups in total. The van der Waals surface area contributed by atoms with Crippen molar-refractivity contribution in [3.05, 3.63) is 53.6 Å². The van der Waals surface area contributed by atoms with Gasteiger partial charge in [0.1, 0.15) is 5.69 Å². The molecule has 150 valence electrons. The van der Waals surface area contributed by atoms with E-state index in [1.807, 2.05) is 9.47 Å². The SMILES string of the molecule is CC(C)c1ccccc1[C@H](C)n1cncc1C(=O)N1CCC2CCCO[C@@H]2C1. The third kappa shape index (κ3) is 3.60. The Labute approximate surface area is 167 Å². The molecule has 3 atom stereocenters. The van der Waals surface area contributed by atoms with Crippen LogP contribution in [0.15, 0.2) is 36.8 Å². The van der Waals surface area contributed by atoms with Crippen molar-refractivity contribution in [2.45, 2.75) is 58.1 Å². The number of hydrogen-bond donors (Lipinski definition) is 0. The molecular formula is C23H31N3O2. The number of likely N-dealkylation sites (tertiary alicyclic amines) is 1.